The molecule has 0 aliphatic heterocycles. The van der Waals surface area contributed by atoms with E-state index in [1.807, 2.05) is 30.3 Å². The molecular weight excluding hydrogens is 329 g/mol. The number of ether oxygens (including phenoxy) is 1. The van der Waals surface area contributed by atoms with Crippen molar-refractivity contribution in [2.75, 3.05) is 5.75 Å². The minimum Gasteiger partial charge on any atom is -0.458 e. The average molecular weight is 343 g/mol. The number of nitrogens with zero attached hydrogens (tertiary/aromatic N) is 1. The van der Waals surface area contributed by atoms with Gasteiger partial charge in [-0.2, -0.15) is 0 Å². The second kappa shape index (κ2) is 7.79. The molecular formula is C18H14FNO3S. The zero-order valence-corrected chi connectivity index (χ0v) is 13.5. The van der Waals surface area contributed by atoms with Gasteiger partial charge in [0, 0.05) is 16.5 Å². The van der Waals surface area contributed by atoms with Gasteiger partial charge in [0.2, 0.25) is 0 Å². The van der Waals surface area contributed by atoms with E-state index in [1.54, 1.807) is 18.2 Å². The van der Waals surface area contributed by atoms with Gasteiger partial charge in [0.15, 0.2) is 5.76 Å². The highest BCUT2D eigenvalue weighted by Crippen LogP contribution is 2.21. The van der Waals surface area contributed by atoms with Gasteiger partial charge >= 0.3 is 5.97 Å². The summed E-state index contributed by atoms with van der Waals surface area (Å²) in [5, 5.41) is 3.89. The van der Waals surface area contributed by atoms with Gasteiger partial charge in [0.1, 0.15) is 18.1 Å². The Morgan fingerprint density at radius 1 is 1.12 bits per heavy atom. The van der Waals surface area contributed by atoms with Crippen LogP contribution in [0.5, 0.6) is 0 Å². The Balaban J connectivity index is 1.48. The van der Waals surface area contributed by atoms with E-state index in [0.29, 0.717) is 11.5 Å². The Hall–Kier alpha value is -2.60. The van der Waals surface area contributed by atoms with Crippen LogP contribution in [-0.2, 0) is 16.1 Å². The van der Waals surface area contributed by atoms with E-state index in [1.165, 1.54) is 23.9 Å². The van der Waals surface area contributed by atoms with Crippen LogP contribution in [0.4, 0.5) is 4.39 Å². The molecule has 6 heteroatoms. The highest BCUT2D eigenvalue weighted by atomic mass is 32.2. The van der Waals surface area contributed by atoms with Crippen LogP contribution in [0, 0.1) is 5.82 Å². The standard InChI is InChI=1S/C18H14FNO3S/c19-14-6-8-16(9-7-14)24-12-18(21)22-11-15-10-17(23-20-15)13-4-2-1-3-5-13/h1-10H,11-12H2. The van der Waals surface area contributed by atoms with Gasteiger partial charge in [0.25, 0.3) is 0 Å². The molecule has 0 saturated heterocycles. The predicted octanol–water partition coefficient (Wildman–Crippen LogP) is 4.32. The van der Waals surface area contributed by atoms with Crippen LogP contribution in [0.3, 0.4) is 0 Å². The van der Waals surface area contributed by atoms with Crippen molar-refractivity contribution in [2.45, 2.75) is 11.5 Å². The normalized spacial score (nSPS) is 10.5. The lowest BCUT2D eigenvalue weighted by Gasteiger charge is -2.02. The quantitative estimate of drug-likeness (QED) is 0.493. The average Bonchev–Trinajstić information content (AvgIpc) is 3.09. The van der Waals surface area contributed by atoms with Crippen molar-refractivity contribution in [2.24, 2.45) is 0 Å². The molecule has 0 radical (unpaired) electrons. The molecule has 24 heavy (non-hydrogen) atoms. The van der Waals surface area contributed by atoms with Crippen LogP contribution in [0.1, 0.15) is 5.69 Å². The van der Waals surface area contributed by atoms with Crippen molar-refractivity contribution >= 4 is 17.7 Å². The van der Waals surface area contributed by atoms with Crippen LogP contribution in [0.2, 0.25) is 0 Å². The fourth-order valence-electron chi connectivity index (χ4n) is 1.99. The van der Waals surface area contributed by atoms with Crippen LogP contribution in [0.15, 0.2) is 70.1 Å². The van der Waals surface area contributed by atoms with E-state index >= 15 is 0 Å². The summed E-state index contributed by atoms with van der Waals surface area (Å²) in [6, 6.07) is 17.3. The summed E-state index contributed by atoms with van der Waals surface area (Å²) in [5.41, 5.74) is 1.46. The molecule has 0 aliphatic carbocycles. The third kappa shape index (κ3) is 4.45. The number of hydrogen-bond acceptors (Lipinski definition) is 5. The van der Waals surface area contributed by atoms with Gasteiger partial charge in [-0.15, -0.1) is 11.8 Å². The first kappa shape index (κ1) is 16.3. The number of aromatic nitrogens is 1. The number of halogens is 1. The number of benzene rings is 2. The largest absolute Gasteiger partial charge is 0.458 e. The highest BCUT2D eigenvalue weighted by molar-refractivity contribution is 8.00. The second-order valence-electron chi connectivity index (χ2n) is 4.95. The molecule has 3 rings (SSSR count). The highest BCUT2D eigenvalue weighted by Gasteiger charge is 2.10. The lowest BCUT2D eigenvalue weighted by Crippen LogP contribution is -2.07. The van der Waals surface area contributed by atoms with Gasteiger partial charge < -0.3 is 9.26 Å². The topological polar surface area (TPSA) is 52.3 Å². The number of esters is 1. The number of thioether (sulfide) groups is 1. The molecule has 1 aromatic heterocycles. The molecule has 1 heterocycles. The number of carbonyl (C=O) groups excluding carboxylic acids is 1. The summed E-state index contributed by atoms with van der Waals surface area (Å²) >= 11 is 1.29. The lowest BCUT2D eigenvalue weighted by molar-refractivity contribution is -0.141. The summed E-state index contributed by atoms with van der Waals surface area (Å²) in [4.78, 5) is 12.6. The van der Waals surface area contributed by atoms with Crippen molar-refractivity contribution in [3.8, 4) is 11.3 Å². The first-order chi connectivity index (χ1) is 11.7. The molecule has 4 nitrogen and oxygen atoms in total. The fraction of sp³-hybridized carbons (Fsp3) is 0.111. The van der Waals surface area contributed by atoms with Crippen LogP contribution in [-0.4, -0.2) is 16.9 Å². The third-order valence-corrected chi connectivity index (χ3v) is 4.15. The molecule has 0 spiro atoms. The maximum absolute atomic E-state index is 12.8. The van der Waals surface area contributed by atoms with Gasteiger partial charge in [-0.25, -0.2) is 4.39 Å². The Morgan fingerprint density at radius 3 is 2.62 bits per heavy atom. The van der Waals surface area contributed by atoms with E-state index < -0.39 is 0 Å². The summed E-state index contributed by atoms with van der Waals surface area (Å²) in [7, 11) is 0. The molecule has 0 unspecified atom stereocenters. The Morgan fingerprint density at radius 2 is 1.88 bits per heavy atom. The van der Waals surface area contributed by atoms with E-state index in [4.69, 9.17) is 9.26 Å². The van der Waals surface area contributed by atoms with Crippen molar-refractivity contribution < 1.29 is 18.4 Å². The maximum Gasteiger partial charge on any atom is 0.316 e. The number of hydrogen-bond donors (Lipinski definition) is 0. The van der Waals surface area contributed by atoms with Crippen LogP contribution >= 0.6 is 11.8 Å². The van der Waals surface area contributed by atoms with Crippen LogP contribution < -0.4 is 0 Å². The molecule has 122 valence electrons. The van der Waals surface area contributed by atoms with E-state index in [2.05, 4.69) is 5.16 Å². The lowest BCUT2D eigenvalue weighted by atomic mass is 10.2. The summed E-state index contributed by atoms with van der Waals surface area (Å²) in [5.74, 6) is 0.104. The monoisotopic (exact) mass is 343 g/mol. The zero-order valence-electron chi connectivity index (χ0n) is 12.6. The second-order valence-corrected chi connectivity index (χ2v) is 6.00. The Bertz CT molecular complexity index is 803. The minimum absolute atomic E-state index is 0.0547. The Kier molecular flexibility index (Phi) is 5.28. The fourth-order valence-corrected chi connectivity index (χ4v) is 2.68. The van der Waals surface area contributed by atoms with E-state index in [0.717, 1.165) is 10.5 Å². The maximum atomic E-state index is 12.8. The van der Waals surface area contributed by atoms with Gasteiger partial charge in [0.05, 0.1) is 5.75 Å². The number of carbonyl (C=O) groups is 1. The molecule has 0 aliphatic rings. The van der Waals surface area contributed by atoms with Crippen molar-refractivity contribution in [3.63, 3.8) is 0 Å². The van der Waals surface area contributed by atoms with E-state index in [9.17, 15) is 9.18 Å². The smallest absolute Gasteiger partial charge is 0.316 e. The summed E-state index contributed by atoms with van der Waals surface area (Å²) < 4.78 is 23.2. The van der Waals surface area contributed by atoms with Gasteiger partial charge in [-0.3, -0.25) is 4.79 Å². The molecule has 0 bridgehead atoms. The van der Waals surface area contributed by atoms with E-state index in [-0.39, 0.29) is 24.1 Å². The van der Waals surface area contributed by atoms with Crippen molar-refractivity contribution in [3.05, 3.63) is 72.2 Å². The van der Waals surface area contributed by atoms with Crippen LogP contribution in [0.25, 0.3) is 11.3 Å². The third-order valence-electron chi connectivity index (χ3n) is 3.17. The van der Waals surface area contributed by atoms with Crippen molar-refractivity contribution in [1.29, 1.82) is 0 Å². The number of rotatable bonds is 6. The molecule has 0 saturated carbocycles. The molecule has 0 atom stereocenters. The Labute approximate surface area is 142 Å². The van der Waals surface area contributed by atoms with Crippen molar-refractivity contribution in [1.82, 2.24) is 5.16 Å². The molecule has 2 aromatic carbocycles. The molecule has 3 aromatic rings. The zero-order chi connectivity index (χ0) is 16.8. The first-order valence-corrected chi connectivity index (χ1v) is 8.24. The predicted molar refractivity (Wildman–Crippen MR) is 88.9 cm³/mol. The van der Waals surface area contributed by atoms with Gasteiger partial charge in [-0.05, 0) is 24.3 Å². The SMILES string of the molecule is O=C(CSc1ccc(F)cc1)OCc1cc(-c2ccccc2)on1. The first-order valence-electron chi connectivity index (χ1n) is 7.26. The minimum atomic E-state index is -0.367. The summed E-state index contributed by atoms with van der Waals surface area (Å²) in [6.07, 6.45) is 0. The molecule has 0 N–H and O–H groups in total. The van der Waals surface area contributed by atoms with Gasteiger partial charge in [-0.1, -0.05) is 35.5 Å². The summed E-state index contributed by atoms with van der Waals surface area (Å²) in [6.45, 7) is 0.0547. The molecule has 0 amide bonds. The molecule has 0 fully saturated rings.